The van der Waals surface area contributed by atoms with E-state index in [9.17, 15) is 5.11 Å². The molecule has 1 heterocycles. The van der Waals surface area contributed by atoms with E-state index in [0.717, 1.165) is 37.6 Å². The second-order valence-corrected chi connectivity index (χ2v) is 5.16. The van der Waals surface area contributed by atoms with Gasteiger partial charge >= 0.3 is 0 Å². The highest BCUT2D eigenvalue weighted by Crippen LogP contribution is 2.28. The Labute approximate surface area is 157 Å². The van der Waals surface area contributed by atoms with Crippen molar-refractivity contribution in [2.24, 2.45) is 5.73 Å². The van der Waals surface area contributed by atoms with Crippen LogP contribution in [0.3, 0.4) is 0 Å². The van der Waals surface area contributed by atoms with Gasteiger partial charge in [0.2, 0.25) is 0 Å². The van der Waals surface area contributed by atoms with Crippen LogP contribution in [-0.4, -0.2) is 55.6 Å². The molecule has 0 amide bonds. The van der Waals surface area contributed by atoms with E-state index in [1.54, 1.807) is 7.11 Å². The third kappa shape index (κ3) is 6.18. The molecule has 136 valence electrons. The first-order valence-corrected chi connectivity index (χ1v) is 7.23. The molecule has 0 radical (unpaired) electrons. The summed E-state index contributed by atoms with van der Waals surface area (Å²) in [6.45, 7) is 5.46. The van der Waals surface area contributed by atoms with Crippen LogP contribution in [0.5, 0.6) is 5.75 Å². The highest BCUT2D eigenvalue weighted by Gasteiger charge is 2.26. The lowest BCUT2D eigenvalue weighted by atomic mass is 10.1. The molecule has 1 aliphatic rings. The van der Waals surface area contributed by atoms with Gasteiger partial charge in [0.05, 0.1) is 25.1 Å². The van der Waals surface area contributed by atoms with Crippen LogP contribution in [0.2, 0.25) is 0 Å². The summed E-state index contributed by atoms with van der Waals surface area (Å²) in [5.41, 5.74) is 7.20. The smallest absolute Gasteiger partial charge is 0.142 e. The van der Waals surface area contributed by atoms with Crippen LogP contribution in [0.1, 0.15) is 13.3 Å². The molecule has 0 aromatic heterocycles. The van der Waals surface area contributed by atoms with E-state index in [1.807, 2.05) is 25.1 Å². The minimum absolute atomic E-state index is 0. The van der Waals surface area contributed by atoms with Crippen LogP contribution in [-0.2, 0) is 0 Å². The number of hydrogen-bond donors (Lipinski definition) is 2. The number of nitrogens with two attached hydrogens (primary N) is 1. The molecule has 5 nitrogen and oxygen atoms in total. The minimum atomic E-state index is -0.451. The topological polar surface area (TPSA) is 62.0 Å². The molecule has 2 atom stereocenters. The Hall–Kier alpha value is -0.430. The Balaban J connectivity index is 0. The fraction of sp³-hybridized carbons (Fsp3) is 0.600. The number of halogens is 3. The van der Waals surface area contributed by atoms with E-state index < -0.39 is 6.10 Å². The van der Waals surface area contributed by atoms with Crippen LogP contribution in [0.15, 0.2) is 24.3 Å². The van der Waals surface area contributed by atoms with Crippen molar-refractivity contribution in [1.82, 2.24) is 4.90 Å². The second-order valence-electron chi connectivity index (χ2n) is 5.16. The Morgan fingerprint density at radius 1 is 1.13 bits per heavy atom. The number of piperazine rings is 1. The van der Waals surface area contributed by atoms with E-state index in [2.05, 4.69) is 15.9 Å². The molecule has 8 heteroatoms. The fourth-order valence-electron chi connectivity index (χ4n) is 2.64. The molecule has 0 aliphatic carbocycles. The monoisotopic (exact) mass is 387 g/mol. The maximum absolute atomic E-state index is 9.84. The summed E-state index contributed by atoms with van der Waals surface area (Å²) in [6, 6.07) is 8.06. The van der Waals surface area contributed by atoms with Gasteiger partial charge in [-0.05, 0) is 18.6 Å². The van der Waals surface area contributed by atoms with E-state index in [4.69, 9.17) is 10.5 Å². The van der Waals surface area contributed by atoms with Crippen molar-refractivity contribution in [1.29, 1.82) is 0 Å². The molecule has 3 N–H and O–H groups in total. The number of hydrogen-bond acceptors (Lipinski definition) is 5. The number of nitrogens with zero attached hydrogens (tertiary/aromatic N) is 2. The van der Waals surface area contributed by atoms with Gasteiger partial charge in [-0.3, -0.25) is 4.90 Å². The molecule has 0 spiro atoms. The maximum Gasteiger partial charge on any atom is 0.142 e. The number of anilines is 1. The van der Waals surface area contributed by atoms with Crippen molar-refractivity contribution in [2.45, 2.75) is 25.6 Å². The standard InChI is InChI=1S/C15H25N3O2.3ClH/c1-3-13(19)15(16)18-10-8-17(9-11-18)12-6-4-5-7-14(12)20-2;;;/h4-7,13,15,19H,3,8-11,16H2,1-2H3;3*1H. The van der Waals surface area contributed by atoms with Gasteiger partial charge in [0.1, 0.15) is 5.75 Å². The van der Waals surface area contributed by atoms with Gasteiger partial charge in [-0.25, -0.2) is 0 Å². The summed E-state index contributed by atoms with van der Waals surface area (Å²) in [7, 11) is 1.70. The van der Waals surface area contributed by atoms with Gasteiger partial charge in [-0.2, -0.15) is 0 Å². The molecule has 2 unspecified atom stereocenters. The van der Waals surface area contributed by atoms with E-state index in [1.165, 1.54) is 0 Å². The largest absolute Gasteiger partial charge is 0.495 e. The highest BCUT2D eigenvalue weighted by molar-refractivity contribution is 5.86. The number of benzene rings is 1. The van der Waals surface area contributed by atoms with Gasteiger partial charge in [0.25, 0.3) is 0 Å². The van der Waals surface area contributed by atoms with Crippen molar-refractivity contribution >= 4 is 42.9 Å². The minimum Gasteiger partial charge on any atom is -0.495 e. The predicted molar refractivity (Wildman–Crippen MR) is 103 cm³/mol. The summed E-state index contributed by atoms with van der Waals surface area (Å²) < 4.78 is 5.41. The number of ether oxygens (including phenoxy) is 1. The molecule has 1 fully saturated rings. The third-order valence-corrected chi connectivity index (χ3v) is 3.97. The van der Waals surface area contributed by atoms with Crippen LogP contribution >= 0.6 is 37.2 Å². The Morgan fingerprint density at radius 3 is 2.22 bits per heavy atom. The number of rotatable bonds is 5. The molecule has 1 saturated heterocycles. The molecule has 0 saturated carbocycles. The van der Waals surface area contributed by atoms with Crippen molar-refractivity contribution in [3.63, 3.8) is 0 Å². The molecule has 1 aromatic rings. The number of para-hydroxylation sites is 2. The van der Waals surface area contributed by atoms with Gasteiger partial charge < -0.3 is 20.5 Å². The zero-order valence-electron chi connectivity index (χ0n) is 13.6. The van der Waals surface area contributed by atoms with Crippen LogP contribution in [0.4, 0.5) is 5.69 Å². The highest BCUT2D eigenvalue weighted by atomic mass is 35.5. The normalized spacial score (nSPS) is 17.1. The van der Waals surface area contributed by atoms with Crippen molar-refractivity contribution in [2.75, 3.05) is 38.2 Å². The van der Waals surface area contributed by atoms with Crippen molar-refractivity contribution in [3.05, 3.63) is 24.3 Å². The zero-order chi connectivity index (χ0) is 14.5. The van der Waals surface area contributed by atoms with Gasteiger partial charge in [0, 0.05) is 26.2 Å². The summed E-state index contributed by atoms with van der Waals surface area (Å²) in [4.78, 5) is 4.46. The van der Waals surface area contributed by atoms with Gasteiger partial charge in [-0.15, -0.1) is 37.2 Å². The number of aliphatic hydroxyl groups is 1. The lowest BCUT2D eigenvalue weighted by molar-refractivity contribution is 0.0463. The summed E-state index contributed by atoms with van der Waals surface area (Å²) >= 11 is 0. The van der Waals surface area contributed by atoms with E-state index in [0.29, 0.717) is 6.42 Å². The molecular formula is C15H28Cl3N3O2. The van der Waals surface area contributed by atoms with Gasteiger partial charge in [-0.1, -0.05) is 19.1 Å². The predicted octanol–water partition coefficient (Wildman–Crippen LogP) is 2.14. The Kier molecular flexibility index (Phi) is 13.0. The van der Waals surface area contributed by atoms with Crippen molar-refractivity contribution in [3.8, 4) is 5.75 Å². The maximum atomic E-state index is 9.84. The molecule has 0 bridgehead atoms. The molecule has 1 aliphatic heterocycles. The lowest BCUT2D eigenvalue weighted by Crippen LogP contribution is -2.57. The number of methoxy groups -OCH3 is 1. The number of aliphatic hydroxyl groups excluding tert-OH is 1. The first kappa shape index (κ1) is 24.8. The first-order chi connectivity index (χ1) is 9.67. The molecule has 1 aromatic carbocycles. The van der Waals surface area contributed by atoms with Crippen LogP contribution in [0, 0.1) is 0 Å². The SMILES string of the molecule is CCC(O)C(N)N1CCN(c2ccccc2OC)CC1.Cl.Cl.Cl. The summed E-state index contributed by atoms with van der Waals surface area (Å²) in [5.74, 6) is 0.902. The lowest BCUT2D eigenvalue weighted by Gasteiger charge is -2.40. The summed E-state index contributed by atoms with van der Waals surface area (Å²) in [6.07, 6.45) is -0.0268. The Morgan fingerprint density at radius 2 is 1.70 bits per heavy atom. The summed E-state index contributed by atoms with van der Waals surface area (Å²) in [5, 5.41) is 9.84. The average molecular weight is 389 g/mol. The van der Waals surface area contributed by atoms with Crippen molar-refractivity contribution < 1.29 is 9.84 Å². The van der Waals surface area contributed by atoms with Gasteiger partial charge in [0.15, 0.2) is 0 Å². The third-order valence-electron chi connectivity index (χ3n) is 3.97. The Bertz CT molecular complexity index is 432. The fourth-order valence-corrected chi connectivity index (χ4v) is 2.64. The average Bonchev–Trinajstić information content (AvgIpc) is 2.53. The van der Waals surface area contributed by atoms with E-state index in [-0.39, 0.29) is 43.4 Å². The molecule has 2 rings (SSSR count). The zero-order valence-corrected chi connectivity index (χ0v) is 16.0. The molecule has 23 heavy (non-hydrogen) atoms. The van der Waals surface area contributed by atoms with Crippen LogP contribution in [0.25, 0.3) is 0 Å². The first-order valence-electron chi connectivity index (χ1n) is 7.23. The molecular weight excluding hydrogens is 361 g/mol. The quantitative estimate of drug-likeness (QED) is 0.809. The second kappa shape index (κ2) is 12.0. The van der Waals surface area contributed by atoms with E-state index >= 15 is 0 Å². The van der Waals surface area contributed by atoms with Crippen LogP contribution < -0.4 is 15.4 Å².